The molecule has 0 aliphatic rings. The lowest BCUT2D eigenvalue weighted by Gasteiger charge is -2.27. The molecular weight excluding hydrogens is 655 g/mol. The van der Waals surface area contributed by atoms with Crippen molar-refractivity contribution in [3.8, 4) is 11.1 Å². The first-order valence-electron chi connectivity index (χ1n) is 17.3. The van der Waals surface area contributed by atoms with Crippen molar-refractivity contribution in [2.45, 2.75) is 0 Å². The summed E-state index contributed by atoms with van der Waals surface area (Å²) in [6.45, 7) is 0. The van der Waals surface area contributed by atoms with Crippen molar-refractivity contribution in [2.24, 2.45) is 0 Å². The van der Waals surface area contributed by atoms with Crippen molar-refractivity contribution in [3.05, 3.63) is 176 Å². The van der Waals surface area contributed by atoms with Gasteiger partial charge >= 0.3 is 0 Å². The lowest BCUT2D eigenvalue weighted by atomic mass is 9.98. The number of hydrogen-bond donors (Lipinski definition) is 0. The van der Waals surface area contributed by atoms with Crippen LogP contribution in [-0.2, 0) is 0 Å². The molecule has 0 N–H and O–H groups in total. The van der Waals surface area contributed by atoms with Gasteiger partial charge in [-0.05, 0) is 85.9 Å². The first kappa shape index (κ1) is 28.8. The molecule has 11 aromatic rings. The minimum absolute atomic E-state index is 1.13. The molecule has 1 nitrogen and oxygen atoms in total. The Morgan fingerprint density at radius 1 is 0.353 bits per heavy atom. The van der Waals surface area contributed by atoms with E-state index in [9.17, 15) is 0 Å². The summed E-state index contributed by atoms with van der Waals surface area (Å²) in [7, 11) is 0. The van der Waals surface area contributed by atoms with Crippen LogP contribution in [0.15, 0.2) is 176 Å². The van der Waals surface area contributed by atoms with E-state index in [1.807, 2.05) is 22.7 Å². The number of benzene rings is 9. The minimum Gasteiger partial charge on any atom is -0.309 e. The van der Waals surface area contributed by atoms with Crippen LogP contribution in [0.4, 0.5) is 17.1 Å². The van der Waals surface area contributed by atoms with E-state index in [1.165, 1.54) is 89.5 Å². The molecular formula is C48H29NS2. The quantitative estimate of drug-likeness (QED) is 0.167. The molecule has 11 rings (SSSR count). The fourth-order valence-electron chi connectivity index (χ4n) is 8.05. The molecule has 238 valence electrons. The lowest BCUT2D eigenvalue weighted by molar-refractivity contribution is 1.31. The van der Waals surface area contributed by atoms with Gasteiger partial charge in [-0.25, -0.2) is 0 Å². The molecule has 0 spiro atoms. The Morgan fingerprint density at radius 2 is 0.961 bits per heavy atom. The predicted octanol–water partition coefficient (Wildman–Crippen LogP) is 15.0. The minimum atomic E-state index is 1.13. The topological polar surface area (TPSA) is 3.24 Å². The number of thiophene rings is 2. The molecule has 0 atom stereocenters. The summed E-state index contributed by atoms with van der Waals surface area (Å²) in [5.74, 6) is 0. The third kappa shape index (κ3) is 4.45. The number of nitrogens with zero attached hydrogens (tertiary/aromatic N) is 1. The van der Waals surface area contributed by atoms with Gasteiger partial charge in [-0.15, -0.1) is 22.7 Å². The lowest BCUT2D eigenvalue weighted by Crippen LogP contribution is -2.10. The summed E-state index contributed by atoms with van der Waals surface area (Å²) >= 11 is 3.78. The zero-order valence-electron chi connectivity index (χ0n) is 27.5. The number of hydrogen-bond acceptors (Lipinski definition) is 3. The van der Waals surface area contributed by atoms with Crippen molar-refractivity contribution in [2.75, 3.05) is 4.90 Å². The smallest absolute Gasteiger partial charge is 0.0640 e. The van der Waals surface area contributed by atoms with E-state index in [1.54, 1.807) is 0 Å². The fraction of sp³-hybridized carbons (Fsp3) is 0. The van der Waals surface area contributed by atoms with Crippen LogP contribution in [0.2, 0.25) is 0 Å². The summed E-state index contributed by atoms with van der Waals surface area (Å²) in [6, 6.07) is 64.9. The van der Waals surface area contributed by atoms with Crippen molar-refractivity contribution >= 4 is 112 Å². The predicted molar refractivity (Wildman–Crippen MR) is 225 cm³/mol. The molecule has 2 aromatic heterocycles. The first-order valence-corrected chi connectivity index (χ1v) is 19.0. The van der Waals surface area contributed by atoms with Crippen molar-refractivity contribution in [1.82, 2.24) is 0 Å². The molecule has 0 bridgehead atoms. The van der Waals surface area contributed by atoms with Crippen molar-refractivity contribution in [3.63, 3.8) is 0 Å². The Bertz CT molecular complexity index is 3150. The normalized spacial score (nSPS) is 11.9. The van der Waals surface area contributed by atoms with E-state index >= 15 is 0 Å². The summed E-state index contributed by atoms with van der Waals surface area (Å²) in [5.41, 5.74) is 5.97. The zero-order valence-corrected chi connectivity index (χ0v) is 29.1. The van der Waals surface area contributed by atoms with Gasteiger partial charge in [0.1, 0.15) is 0 Å². The molecule has 0 aliphatic heterocycles. The maximum absolute atomic E-state index is 2.46. The van der Waals surface area contributed by atoms with Crippen LogP contribution in [0.5, 0.6) is 0 Å². The number of anilines is 3. The molecule has 0 fully saturated rings. The van der Waals surface area contributed by atoms with E-state index in [2.05, 4.69) is 181 Å². The van der Waals surface area contributed by atoms with Gasteiger partial charge in [-0.1, -0.05) is 133 Å². The van der Waals surface area contributed by atoms with Crippen molar-refractivity contribution < 1.29 is 0 Å². The van der Waals surface area contributed by atoms with Gasteiger partial charge in [0.15, 0.2) is 0 Å². The first-order chi connectivity index (χ1) is 25.3. The van der Waals surface area contributed by atoms with Gasteiger partial charge in [-0.3, -0.25) is 0 Å². The highest BCUT2D eigenvalue weighted by Crippen LogP contribution is 2.48. The van der Waals surface area contributed by atoms with Crippen LogP contribution in [0.1, 0.15) is 0 Å². The standard InChI is InChI=1S/C48H29NS2/c1-3-11-36-30(9-1)19-20-33-23-27-35(29-42(33)36)49(43-16-7-15-39-40-28-24-31-10-2-4-12-38(31)47(40)51-48(39)43)34-25-21-32(22-26-34)37-14-8-18-45-46(37)41-13-5-6-17-44(41)50-45/h1-29H. The van der Waals surface area contributed by atoms with Gasteiger partial charge < -0.3 is 4.90 Å². The second-order valence-electron chi connectivity index (χ2n) is 13.3. The molecule has 9 aromatic carbocycles. The van der Waals surface area contributed by atoms with E-state index in [4.69, 9.17) is 0 Å². The average Bonchev–Trinajstić information content (AvgIpc) is 3.78. The summed E-state index contributed by atoms with van der Waals surface area (Å²) in [4.78, 5) is 2.46. The van der Waals surface area contributed by atoms with Gasteiger partial charge in [-0.2, -0.15) is 0 Å². The molecule has 0 unspecified atom stereocenters. The monoisotopic (exact) mass is 683 g/mol. The second kappa shape index (κ2) is 11.3. The SMILES string of the molecule is c1ccc2c(c1)ccc1ccc(N(c3ccc(-c4cccc5sc6ccccc6c45)cc3)c3cccc4c3sc3c5ccccc5ccc43)cc12. The Hall–Kier alpha value is -6.00. The third-order valence-corrected chi connectivity index (χ3v) is 12.8. The molecule has 3 heteroatoms. The Balaban J connectivity index is 1.15. The summed E-state index contributed by atoms with van der Waals surface area (Å²) in [5, 5.41) is 12.9. The molecule has 0 radical (unpaired) electrons. The zero-order chi connectivity index (χ0) is 33.5. The van der Waals surface area contributed by atoms with Crippen LogP contribution in [-0.4, -0.2) is 0 Å². The van der Waals surface area contributed by atoms with Gasteiger partial charge in [0.2, 0.25) is 0 Å². The van der Waals surface area contributed by atoms with Gasteiger partial charge in [0.25, 0.3) is 0 Å². The average molecular weight is 684 g/mol. The van der Waals surface area contributed by atoms with Crippen LogP contribution < -0.4 is 4.90 Å². The molecule has 51 heavy (non-hydrogen) atoms. The summed E-state index contributed by atoms with van der Waals surface area (Å²) in [6.07, 6.45) is 0. The van der Waals surface area contributed by atoms with Gasteiger partial charge in [0.05, 0.1) is 10.4 Å². The van der Waals surface area contributed by atoms with Crippen LogP contribution in [0.3, 0.4) is 0 Å². The van der Waals surface area contributed by atoms with Crippen LogP contribution >= 0.6 is 22.7 Å². The van der Waals surface area contributed by atoms with E-state index < -0.39 is 0 Å². The second-order valence-corrected chi connectivity index (χ2v) is 15.4. The Labute approximate surface area is 302 Å². The number of fused-ring (bicyclic) bond motifs is 11. The highest BCUT2D eigenvalue weighted by molar-refractivity contribution is 7.27. The van der Waals surface area contributed by atoms with Gasteiger partial charge in [0, 0.05) is 47.0 Å². The third-order valence-electron chi connectivity index (χ3n) is 10.4. The maximum Gasteiger partial charge on any atom is 0.0640 e. The fourth-order valence-corrected chi connectivity index (χ4v) is 10.5. The molecule has 0 saturated carbocycles. The maximum atomic E-state index is 2.46. The largest absolute Gasteiger partial charge is 0.309 e. The molecule has 0 amide bonds. The molecule has 2 heterocycles. The Kier molecular flexibility index (Phi) is 6.36. The highest BCUT2D eigenvalue weighted by Gasteiger charge is 2.20. The van der Waals surface area contributed by atoms with Crippen LogP contribution in [0, 0.1) is 0 Å². The molecule has 0 saturated heterocycles. The summed E-state index contributed by atoms with van der Waals surface area (Å²) < 4.78 is 5.29. The van der Waals surface area contributed by atoms with E-state index in [0.29, 0.717) is 0 Å². The van der Waals surface area contributed by atoms with Crippen LogP contribution in [0.25, 0.3) is 83.8 Å². The van der Waals surface area contributed by atoms with Crippen molar-refractivity contribution in [1.29, 1.82) is 0 Å². The Morgan fingerprint density at radius 3 is 1.82 bits per heavy atom. The highest BCUT2D eigenvalue weighted by atomic mass is 32.1. The molecule has 0 aliphatic carbocycles. The van der Waals surface area contributed by atoms with E-state index in [-0.39, 0.29) is 0 Å². The van der Waals surface area contributed by atoms with E-state index in [0.717, 1.165) is 11.4 Å². The number of rotatable bonds is 4.